The summed E-state index contributed by atoms with van der Waals surface area (Å²) in [5.41, 5.74) is 7.17. The van der Waals surface area contributed by atoms with E-state index in [4.69, 9.17) is 10.5 Å². The Labute approximate surface area is 140 Å². The SMILES string of the molecule is Cn1ncc2c(N)nc(NCc3cccc(OCC(F)(F)F)c3)nc21. The Morgan fingerprint density at radius 2 is 2.08 bits per heavy atom. The van der Waals surface area contributed by atoms with Gasteiger partial charge in [0.15, 0.2) is 12.3 Å². The van der Waals surface area contributed by atoms with E-state index >= 15 is 0 Å². The van der Waals surface area contributed by atoms with Gasteiger partial charge in [-0.05, 0) is 17.7 Å². The quantitative estimate of drug-likeness (QED) is 0.733. The number of ether oxygens (including phenoxy) is 1. The molecule has 3 rings (SSSR count). The number of nitrogens with two attached hydrogens (primary N) is 1. The number of nitrogen functional groups attached to an aromatic ring is 1. The van der Waals surface area contributed by atoms with Gasteiger partial charge in [-0.2, -0.15) is 28.2 Å². The molecule has 132 valence electrons. The topological polar surface area (TPSA) is 90.9 Å². The second-order valence-corrected chi connectivity index (χ2v) is 5.34. The monoisotopic (exact) mass is 352 g/mol. The van der Waals surface area contributed by atoms with Crippen molar-refractivity contribution in [1.29, 1.82) is 0 Å². The Bertz CT molecular complexity index is 893. The fourth-order valence-corrected chi connectivity index (χ4v) is 2.21. The molecule has 0 aliphatic heterocycles. The summed E-state index contributed by atoms with van der Waals surface area (Å²) in [6.45, 7) is -1.04. The van der Waals surface area contributed by atoms with Crippen LogP contribution in [0.2, 0.25) is 0 Å². The summed E-state index contributed by atoms with van der Waals surface area (Å²) >= 11 is 0. The van der Waals surface area contributed by atoms with Crippen LogP contribution in [0.25, 0.3) is 11.0 Å². The van der Waals surface area contributed by atoms with Gasteiger partial charge in [0.1, 0.15) is 11.6 Å². The number of benzene rings is 1. The normalized spacial score (nSPS) is 11.7. The largest absolute Gasteiger partial charge is 0.484 e. The van der Waals surface area contributed by atoms with Crippen LogP contribution in [0.4, 0.5) is 24.9 Å². The van der Waals surface area contributed by atoms with E-state index in [0.717, 1.165) is 0 Å². The molecule has 3 N–H and O–H groups in total. The number of rotatable bonds is 5. The van der Waals surface area contributed by atoms with Crippen LogP contribution >= 0.6 is 0 Å². The second kappa shape index (κ2) is 6.46. The Morgan fingerprint density at radius 3 is 2.84 bits per heavy atom. The van der Waals surface area contributed by atoms with Gasteiger partial charge in [0.25, 0.3) is 0 Å². The Balaban J connectivity index is 1.70. The van der Waals surface area contributed by atoms with E-state index in [9.17, 15) is 13.2 Å². The molecule has 0 bridgehead atoms. The first kappa shape index (κ1) is 16.8. The highest BCUT2D eigenvalue weighted by Gasteiger charge is 2.28. The van der Waals surface area contributed by atoms with Crippen LogP contribution in [0.1, 0.15) is 5.56 Å². The maximum Gasteiger partial charge on any atom is 0.422 e. The van der Waals surface area contributed by atoms with E-state index in [1.807, 2.05) is 0 Å². The summed E-state index contributed by atoms with van der Waals surface area (Å²) in [7, 11) is 1.74. The molecule has 0 amide bonds. The molecule has 0 radical (unpaired) electrons. The lowest BCUT2D eigenvalue weighted by molar-refractivity contribution is -0.153. The first-order chi connectivity index (χ1) is 11.8. The lowest BCUT2D eigenvalue weighted by Gasteiger charge is -2.11. The van der Waals surface area contributed by atoms with Gasteiger partial charge in [-0.1, -0.05) is 12.1 Å². The molecule has 25 heavy (non-hydrogen) atoms. The van der Waals surface area contributed by atoms with Crippen molar-refractivity contribution in [3.63, 3.8) is 0 Å². The molecule has 2 heterocycles. The Kier molecular flexibility index (Phi) is 4.34. The molecule has 0 unspecified atom stereocenters. The van der Waals surface area contributed by atoms with E-state index in [0.29, 0.717) is 34.9 Å². The van der Waals surface area contributed by atoms with Crippen molar-refractivity contribution in [2.75, 3.05) is 17.7 Å². The highest BCUT2D eigenvalue weighted by atomic mass is 19.4. The third-order valence-corrected chi connectivity index (χ3v) is 3.37. The van der Waals surface area contributed by atoms with Gasteiger partial charge >= 0.3 is 6.18 Å². The fraction of sp³-hybridized carbons (Fsp3) is 0.267. The van der Waals surface area contributed by atoms with Crippen LogP contribution < -0.4 is 15.8 Å². The zero-order valence-corrected chi connectivity index (χ0v) is 13.2. The predicted molar refractivity (Wildman–Crippen MR) is 86.0 cm³/mol. The number of anilines is 2. The summed E-state index contributed by atoms with van der Waals surface area (Å²) in [5.74, 6) is 0.734. The summed E-state index contributed by atoms with van der Waals surface area (Å²) in [5, 5.41) is 7.70. The van der Waals surface area contributed by atoms with Crippen molar-refractivity contribution >= 4 is 22.8 Å². The minimum atomic E-state index is -4.38. The molecule has 0 aliphatic carbocycles. The number of nitrogens with zero attached hydrogens (tertiary/aromatic N) is 4. The number of hydrogen-bond acceptors (Lipinski definition) is 6. The summed E-state index contributed by atoms with van der Waals surface area (Å²) < 4.78 is 42.9. The van der Waals surface area contributed by atoms with E-state index in [2.05, 4.69) is 20.4 Å². The molecular weight excluding hydrogens is 337 g/mol. The Morgan fingerprint density at radius 1 is 1.28 bits per heavy atom. The fourth-order valence-electron chi connectivity index (χ4n) is 2.21. The lowest BCUT2D eigenvalue weighted by Crippen LogP contribution is -2.19. The van der Waals surface area contributed by atoms with Crippen molar-refractivity contribution in [3.8, 4) is 5.75 Å². The van der Waals surface area contributed by atoms with Crippen molar-refractivity contribution in [2.45, 2.75) is 12.7 Å². The van der Waals surface area contributed by atoms with Crippen molar-refractivity contribution < 1.29 is 17.9 Å². The molecule has 0 aliphatic rings. The number of hydrogen-bond donors (Lipinski definition) is 2. The van der Waals surface area contributed by atoms with Gasteiger partial charge in [0.2, 0.25) is 5.95 Å². The van der Waals surface area contributed by atoms with Crippen LogP contribution in [0, 0.1) is 0 Å². The number of aryl methyl sites for hydroxylation is 1. The first-order valence-corrected chi connectivity index (χ1v) is 7.29. The summed E-state index contributed by atoms with van der Waals surface area (Å²) in [6.07, 6.45) is -2.80. The molecule has 2 aromatic heterocycles. The van der Waals surface area contributed by atoms with E-state index in [1.165, 1.54) is 12.1 Å². The first-order valence-electron chi connectivity index (χ1n) is 7.29. The van der Waals surface area contributed by atoms with Crippen LogP contribution in [-0.2, 0) is 13.6 Å². The minimum Gasteiger partial charge on any atom is -0.484 e. The minimum absolute atomic E-state index is 0.138. The molecule has 0 atom stereocenters. The molecule has 1 aromatic carbocycles. The van der Waals surface area contributed by atoms with Crippen LogP contribution in [-0.4, -0.2) is 32.5 Å². The zero-order chi connectivity index (χ0) is 18.0. The molecule has 0 fully saturated rings. The Hall–Kier alpha value is -3.04. The van der Waals surface area contributed by atoms with Gasteiger partial charge in [0.05, 0.1) is 11.6 Å². The molecule has 0 saturated carbocycles. The van der Waals surface area contributed by atoms with Gasteiger partial charge in [-0.3, -0.25) is 4.68 Å². The van der Waals surface area contributed by atoms with Crippen LogP contribution in [0.5, 0.6) is 5.75 Å². The third kappa shape index (κ3) is 4.08. The summed E-state index contributed by atoms with van der Waals surface area (Å²) in [6, 6.07) is 6.35. The van der Waals surface area contributed by atoms with Gasteiger partial charge in [0, 0.05) is 13.6 Å². The van der Waals surface area contributed by atoms with Crippen molar-refractivity contribution in [1.82, 2.24) is 19.7 Å². The second-order valence-electron chi connectivity index (χ2n) is 5.34. The molecule has 7 nitrogen and oxygen atoms in total. The maximum atomic E-state index is 12.2. The highest BCUT2D eigenvalue weighted by Crippen LogP contribution is 2.21. The number of aromatic nitrogens is 4. The van der Waals surface area contributed by atoms with Crippen LogP contribution in [0.15, 0.2) is 30.5 Å². The van der Waals surface area contributed by atoms with E-state index < -0.39 is 12.8 Å². The average Bonchev–Trinajstić information content (AvgIpc) is 2.93. The molecule has 0 spiro atoms. The third-order valence-electron chi connectivity index (χ3n) is 3.37. The average molecular weight is 352 g/mol. The molecular formula is C15H15F3N6O. The van der Waals surface area contributed by atoms with Gasteiger partial charge in [-0.15, -0.1) is 0 Å². The standard InChI is InChI=1S/C15H15F3N6O/c1-24-13-11(7-21-24)12(19)22-14(23-13)20-6-9-3-2-4-10(5-9)25-8-15(16,17)18/h2-5,7H,6,8H2,1H3,(H3,19,20,22,23). The smallest absolute Gasteiger partial charge is 0.422 e. The van der Waals surface area contributed by atoms with Crippen molar-refractivity contribution in [2.24, 2.45) is 7.05 Å². The molecule has 10 heteroatoms. The molecule has 3 aromatic rings. The van der Waals surface area contributed by atoms with Gasteiger partial charge < -0.3 is 15.8 Å². The van der Waals surface area contributed by atoms with E-state index in [1.54, 1.807) is 30.1 Å². The van der Waals surface area contributed by atoms with Gasteiger partial charge in [-0.25, -0.2) is 0 Å². The number of nitrogens with one attached hydrogen (secondary N) is 1. The van der Waals surface area contributed by atoms with E-state index in [-0.39, 0.29) is 5.75 Å². The predicted octanol–water partition coefficient (Wildman–Crippen LogP) is 2.50. The van der Waals surface area contributed by atoms with Crippen molar-refractivity contribution in [3.05, 3.63) is 36.0 Å². The number of alkyl halides is 3. The van der Waals surface area contributed by atoms with Crippen LogP contribution in [0.3, 0.4) is 0 Å². The maximum absolute atomic E-state index is 12.2. The highest BCUT2D eigenvalue weighted by molar-refractivity contribution is 5.86. The summed E-state index contributed by atoms with van der Waals surface area (Å²) in [4.78, 5) is 8.46. The zero-order valence-electron chi connectivity index (χ0n) is 13.2. The number of fused-ring (bicyclic) bond motifs is 1. The lowest BCUT2D eigenvalue weighted by atomic mass is 10.2. The number of halogens is 3. The molecule has 0 saturated heterocycles.